The smallest absolute Gasteiger partial charge is 0.246 e. The van der Waals surface area contributed by atoms with E-state index in [1.807, 2.05) is 31.2 Å². The predicted octanol–water partition coefficient (Wildman–Crippen LogP) is 2.96. The van der Waals surface area contributed by atoms with Crippen LogP contribution in [0.15, 0.2) is 47.4 Å². The second kappa shape index (κ2) is 6.46. The molecule has 118 valence electrons. The monoisotopic (exact) mass is 323 g/mol. The van der Waals surface area contributed by atoms with E-state index in [0.717, 1.165) is 17.2 Å². The standard InChI is InChI=1S/C16H18FNO3S/c1-12-5-4-6-13(9-12)11-18(2)22(19,20)16-10-14(17)7-8-15(16)21-3/h4-10H,11H2,1-3H3. The number of rotatable bonds is 5. The Kier molecular flexibility index (Phi) is 4.83. The number of nitrogens with zero attached hydrogens (tertiary/aromatic N) is 1. The summed E-state index contributed by atoms with van der Waals surface area (Å²) in [6, 6.07) is 11.0. The first-order valence-electron chi connectivity index (χ1n) is 6.70. The molecule has 0 saturated heterocycles. The molecule has 0 N–H and O–H groups in total. The lowest BCUT2D eigenvalue weighted by molar-refractivity contribution is 0.395. The summed E-state index contributed by atoms with van der Waals surface area (Å²) < 4.78 is 44.9. The molecular formula is C16H18FNO3S. The molecular weight excluding hydrogens is 305 g/mol. The van der Waals surface area contributed by atoms with Crippen molar-refractivity contribution in [1.82, 2.24) is 4.31 Å². The van der Waals surface area contributed by atoms with Crippen LogP contribution in [0, 0.1) is 12.7 Å². The summed E-state index contributed by atoms with van der Waals surface area (Å²) in [4.78, 5) is -0.176. The lowest BCUT2D eigenvalue weighted by Crippen LogP contribution is -2.27. The van der Waals surface area contributed by atoms with Gasteiger partial charge in [0, 0.05) is 13.6 Å². The van der Waals surface area contributed by atoms with Crippen molar-refractivity contribution < 1.29 is 17.5 Å². The summed E-state index contributed by atoms with van der Waals surface area (Å²) in [6.45, 7) is 2.14. The quantitative estimate of drug-likeness (QED) is 0.850. The van der Waals surface area contributed by atoms with Gasteiger partial charge in [0.2, 0.25) is 10.0 Å². The third-order valence-corrected chi connectivity index (χ3v) is 5.13. The summed E-state index contributed by atoms with van der Waals surface area (Å²) >= 11 is 0. The van der Waals surface area contributed by atoms with Crippen molar-refractivity contribution in [3.63, 3.8) is 0 Å². The summed E-state index contributed by atoms with van der Waals surface area (Å²) in [6.07, 6.45) is 0. The number of hydrogen-bond acceptors (Lipinski definition) is 3. The van der Waals surface area contributed by atoms with Crippen molar-refractivity contribution in [2.24, 2.45) is 0 Å². The van der Waals surface area contributed by atoms with Crippen molar-refractivity contribution in [3.8, 4) is 5.75 Å². The van der Waals surface area contributed by atoms with Crippen molar-refractivity contribution in [3.05, 3.63) is 59.4 Å². The van der Waals surface area contributed by atoms with Crippen molar-refractivity contribution >= 4 is 10.0 Å². The Morgan fingerprint density at radius 2 is 1.91 bits per heavy atom. The summed E-state index contributed by atoms with van der Waals surface area (Å²) in [5.41, 5.74) is 1.91. The fraction of sp³-hybridized carbons (Fsp3) is 0.250. The number of ether oxygens (including phenoxy) is 1. The van der Waals surface area contributed by atoms with Gasteiger partial charge in [-0.05, 0) is 30.7 Å². The molecule has 0 radical (unpaired) electrons. The highest BCUT2D eigenvalue weighted by Crippen LogP contribution is 2.27. The maximum Gasteiger partial charge on any atom is 0.246 e. The Bertz CT molecular complexity index is 775. The zero-order chi connectivity index (χ0) is 16.3. The molecule has 4 nitrogen and oxygen atoms in total. The Labute approximate surface area is 130 Å². The highest BCUT2D eigenvalue weighted by Gasteiger charge is 2.25. The first-order chi connectivity index (χ1) is 10.3. The number of aryl methyl sites for hydroxylation is 1. The number of benzene rings is 2. The van der Waals surface area contributed by atoms with E-state index in [0.29, 0.717) is 0 Å². The van der Waals surface area contributed by atoms with Gasteiger partial charge in [-0.3, -0.25) is 0 Å². The first-order valence-corrected chi connectivity index (χ1v) is 8.14. The van der Waals surface area contributed by atoms with E-state index in [-0.39, 0.29) is 17.2 Å². The molecule has 0 heterocycles. The largest absolute Gasteiger partial charge is 0.495 e. The van der Waals surface area contributed by atoms with Gasteiger partial charge in [0.15, 0.2) is 0 Å². The van der Waals surface area contributed by atoms with E-state index in [9.17, 15) is 12.8 Å². The third-order valence-electron chi connectivity index (χ3n) is 3.30. The summed E-state index contributed by atoms with van der Waals surface area (Å²) in [5, 5.41) is 0. The maximum atomic E-state index is 13.4. The molecule has 0 spiro atoms. The number of sulfonamides is 1. The fourth-order valence-corrected chi connectivity index (χ4v) is 3.49. The number of hydrogen-bond donors (Lipinski definition) is 0. The van der Waals surface area contributed by atoms with Crippen LogP contribution in [0.25, 0.3) is 0 Å². The maximum absolute atomic E-state index is 13.4. The number of halogens is 1. The van der Waals surface area contributed by atoms with Gasteiger partial charge in [-0.1, -0.05) is 29.8 Å². The van der Waals surface area contributed by atoms with E-state index in [2.05, 4.69) is 0 Å². The van der Waals surface area contributed by atoms with E-state index in [1.54, 1.807) is 0 Å². The average molecular weight is 323 g/mol. The average Bonchev–Trinajstić information content (AvgIpc) is 2.47. The van der Waals surface area contributed by atoms with Gasteiger partial charge in [0.1, 0.15) is 16.5 Å². The second-order valence-corrected chi connectivity index (χ2v) is 7.06. The van der Waals surface area contributed by atoms with Gasteiger partial charge in [-0.15, -0.1) is 0 Å². The van der Waals surface area contributed by atoms with E-state index < -0.39 is 15.8 Å². The van der Waals surface area contributed by atoms with E-state index in [1.165, 1.54) is 30.6 Å². The second-order valence-electron chi connectivity index (χ2n) is 5.05. The van der Waals surface area contributed by atoms with Crippen molar-refractivity contribution in [2.75, 3.05) is 14.2 Å². The van der Waals surface area contributed by atoms with Gasteiger partial charge in [-0.25, -0.2) is 12.8 Å². The van der Waals surface area contributed by atoms with Crippen LogP contribution >= 0.6 is 0 Å². The Morgan fingerprint density at radius 1 is 1.18 bits per heavy atom. The van der Waals surface area contributed by atoms with Gasteiger partial charge in [-0.2, -0.15) is 4.31 Å². The Morgan fingerprint density at radius 3 is 2.55 bits per heavy atom. The molecule has 2 aromatic carbocycles. The molecule has 22 heavy (non-hydrogen) atoms. The molecule has 2 rings (SSSR count). The summed E-state index contributed by atoms with van der Waals surface area (Å²) in [5.74, 6) is -0.499. The zero-order valence-corrected chi connectivity index (χ0v) is 13.5. The Balaban J connectivity index is 2.35. The minimum absolute atomic E-state index is 0.123. The van der Waals surface area contributed by atoms with Crippen LogP contribution in [0.1, 0.15) is 11.1 Å². The lowest BCUT2D eigenvalue weighted by atomic mass is 10.1. The van der Waals surface area contributed by atoms with Gasteiger partial charge in [0.05, 0.1) is 7.11 Å². The minimum atomic E-state index is -3.85. The summed E-state index contributed by atoms with van der Waals surface area (Å²) in [7, 11) is -1.03. The van der Waals surface area contributed by atoms with Crippen LogP contribution in [0.4, 0.5) is 4.39 Å². The number of methoxy groups -OCH3 is 1. The molecule has 0 aliphatic heterocycles. The molecule has 0 aromatic heterocycles. The molecule has 0 aliphatic carbocycles. The van der Waals surface area contributed by atoms with Crippen molar-refractivity contribution in [1.29, 1.82) is 0 Å². The molecule has 0 unspecified atom stereocenters. The van der Waals surface area contributed by atoms with Crippen LogP contribution in [0.2, 0.25) is 0 Å². The zero-order valence-electron chi connectivity index (χ0n) is 12.7. The highest BCUT2D eigenvalue weighted by atomic mass is 32.2. The Hall–Kier alpha value is -1.92. The molecule has 0 atom stereocenters. The topological polar surface area (TPSA) is 46.6 Å². The van der Waals surface area contributed by atoms with Crippen LogP contribution in [-0.2, 0) is 16.6 Å². The lowest BCUT2D eigenvalue weighted by Gasteiger charge is -2.19. The van der Waals surface area contributed by atoms with Gasteiger partial charge < -0.3 is 4.74 Å². The first kappa shape index (κ1) is 16.5. The van der Waals surface area contributed by atoms with Crippen LogP contribution < -0.4 is 4.74 Å². The molecule has 0 bridgehead atoms. The molecule has 0 amide bonds. The van der Waals surface area contributed by atoms with Crippen molar-refractivity contribution in [2.45, 2.75) is 18.4 Å². The SMILES string of the molecule is COc1ccc(F)cc1S(=O)(=O)N(C)Cc1cccc(C)c1. The van der Waals surface area contributed by atoms with E-state index >= 15 is 0 Å². The normalized spacial score (nSPS) is 11.7. The molecule has 6 heteroatoms. The van der Waals surface area contributed by atoms with Crippen LogP contribution in [0.3, 0.4) is 0 Å². The predicted molar refractivity (Wildman–Crippen MR) is 82.8 cm³/mol. The van der Waals surface area contributed by atoms with Gasteiger partial charge in [0.25, 0.3) is 0 Å². The van der Waals surface area contributed by atoms with E-state index in [4.69, 9.17) is 4.74 Å². The fourth-order valence-electron chi connectivity index (χ4n) is 2.17. The molecule has 0 aliphatic rings. The molecule has 0 fully saturated rings. The third kappa shape index (κ3) is 3.45. The van der Waals surface area contributed by atoms with Crippen LogP contribution in [0.5, 0.6) is 5.75 Å². The van der Waals surface area contributed by atoms with Gasteiger partial charge >= 0.3 is 0 Å². The highest BCUT2D eigenvalue weighted by molar-refractivity contribution is 7.89. The minimum Gasteiger partial charge on any atom is -0.495 e. The molecule has 2 aromatic rings. The van der Waals surface area contributed by atoms with Crippen LogP contribution in [-0.4, -0.2) is 26.9 Å². The molecule has 0 saturated carbocycles.